The first kappa shape index (κ1) is 20.9. The second kappa shape index (κ2) is 9.01. The molecule has 1 aromatic heterocycles. The molecule has 6 heteroatoms. The maximum atomic E-state index is 12.3. The molecule has 0 saturated heterocycles. The summed E-state index contributed by atoms with van der Waals surface area (Å²) in [5.41, 5.74) is 2.30. The van der Waals surface area contributed by atoms with Crippen LogP contribution >= 0.6 is 0 Å². The minimum atomic E-state index is -0.109. The summed E-state index contributed by atoms with van der Waals surface area (Å²) in [6.45, 7) is 13.4. The third-order valence-electron chi connectivity index (χ3n) is 3.94. The number of aromatic nitrogens is 1. The smallest absolute Gasteiger partial charge is 0.303 e. The Balaban J connectivity index is 2.03. The number of ether oxygens (including phenoxy) is 1. The third kappa shape index (κ3) is 5.82. The number of hydrogen-bond acceptors (Lipinski definition) is 5. The van der Waals surface area contributed by atoms with Crippen LogP contribution in [-0.4, -0.2) is 18.0 Å². The van der Waals surface area contributed by atoms with E-state index in [2.05, 4.69) is 30.8 Å². The quantitative estimate of drug-likeness (QED) is 0.406. The van der Waals surface area contributed by atoms with Crippen molar-refractivity contribution in [3.8, 4) is 6.07 Å². The SMILES string of the molecule is [C-]#[N+]/C(C#N)=C(\OC)c1ccc(CC(=O)Cc2cc(CC(C)(C)C)no2)cc1. The number of Topliss-reactive ketones (excluding diaryl/α,β-unsaturated/α-hetero) is 1. The number of carbonyl (C=O) groups excluding carboxylic acids is 1. The molecule has 0 radical (unpaired) electrons. The van der Waals surface area contributed by atoms with Crippen molar-refractivity contribution < 1.29 is 14.1 Å². The van der Waals surface area contributed by atoms with E-state index in [1.54, 1.807) is 24.3 Å². The molecule has 0 saturated carbocycles. The van der Waals surface area contributed by atoms with Gasteiger partial charge in [0.25, 0.3) is 0 Å². The maximum Gasteiger partial charge on any atom is 0.303 e. The van der Waals surface area contributed by atoms with Crippen molar-refractivity contribution in [3.05, 3.63) is 70.0 Å². The van der Waals surface area contributed by atoms with Gasteiger partial charge in [-0.25, -0.2) is 10.1 Å². The lowest BCUT2D eigenvalue weighted by atomic mass is 9.90. The van der Waals surface area contributed by atoms with Gasteiger partial charge in [0.1, 0.15) is 17.3 Å². The van der Waals surface area contributed by atoms with E-state index in [9.17, 15) is 4.79 Å². The fourth-order valence-corrected chi connectivity index (χ4v) is 2.80. The highest BCUT2D eigenvalue weighted by molar-refractivity contribution is 5.82. The van der Waals surface area contributed by atoms with Gasteiger partial charge in [-0.05, 0) is 17.4 Å². The molecule has 1 heterocycles. The monoisotopic (exact) mass is 377 g/mol. The second-order valence-electron chi connectivity index (χ2n) is 7.72. The summed E-state index contributed by atoms with van der Waals surface area (Å²) in [4.78, 5) is 15.5. The van der Waals surface area contributed by atoms with Crippen LogP contribution in [0.2, 0.25) is 0 Å². The molecular weight excluding hydrogens is 354 g/mol. The number of ketones is 1. The van der Waals surface area contributed by atoms with Crippen molar-refractivity contribution in [1.82, 2.24) is 5.16 Å². The van der Waals surface area contributed by atoms with Crippen molar-refractivity contribution >= 4 is 11.5 Å². The standard InChI is InChI=1S/C22H23N3O3/c1-22(2,3)13-17-11-19(28-25-17)12-18(26)10-15-6-8-16(9-7-15)21(27-5)20(14-23)24-4/h6-9,11H,10,12-13H2,1-3,5H3/b21-20-. The molecule has 2 rings (SSSR count). The van der Waals surface area contributed by atoms with Crippen molar-refractivity contribution in [2.75, 3.05) is 7.11 Å². The zero-order valence-corrected chi connectivity index (χ0v) is 16.6. The zero-order valence-electron chi connectivity index (χ0n) is 16.6. The topological polar surface area (TPSA) is 80.5 Å². The van der Waals surface area contributed by atoms with Crippen molar-refractivity contribution in [2.24, 2.45) is 5.41 Å². The number of methoxy groups -OCH3 is 1. The van der Waals surface area contributed by atoms with Crippen LogP contribution in [0, 0.1) is 23.3 Å². The summed E-state index contributed by atoms with van der Waals surface area (Å²) in [5, 5.41) is 13.0. The van der Waals surface area contributed by atoms with Gasteiger partial charge in [-0.15, -0.1) is 0 Å². The molecule has 28 heavy (non-hydrogen) atoms. The molecule has 0 amide bonds. The van der Waals surface area contributed by atoms with Crippen LogP contribution in [0.5, 0.6) is 0 Å². The Hall–Kier alpha value is -3.38. The van der Waals surface area contributed by atoms with Crippen LogP contribution in [0.4, 0.5) is 0 Å². The van der Waals surface area contributed by atoms with Crippen molar-refractivity contribution in [2.45, 2.75) is 40.0 Å². The average molecular weight is 377 g/mol. The van der Waals surface area contributed by atoms with E-state index in [1.807, 2.05) is 12.1 Å². The summed E-state index contributed by atoms with van der Waals surface area (Å²) in [7, 11) is 1.42. The van der Waals surface area contributed by atoms with Crippen molar-refractivity contribution in [1.29, 1.82) is 5.26 Å². The normalized spacial score (nSPS) is 11.9. The lowest BCUT2D eigenvalue weighted by Crippen LogP contribution is -2.09. The van der Waals surface area contributed by atoms with E-state index in [0.29, 0.717) is 11.3 Å². The van der Waals surface area contributed by atoms with E-state index in [1.165, 1.54) is 7.11 Å². The molecule has 0 spiro atoms. The first-order valence-corrected chi connectivity index (χ1v) is 8.87. The van der Waals surface area contributed by atoms with Crippen LogP contribution in [0.3, 0.4) is 0 Å². The van der Waals surface area contributed by atoms with Gasteiger partial charge in [0.2, 0.25) is 0 Å². The Kier molecular flexibility index (Phi) is 6.74. The summed E-state index contributed by atoms with van der Waals surface area (Å²) in [6.07, 6.45) is 1.24. The minimum absolute atomic E-state index is 0.0209. The van der Waals surface area contributed by atoms with Gasteiger partial charge >= 0.3 is 5.70 Å². The average Bonchev–Trinajstić information content (AvgIpc) is 3.05. The molecule has 2 aromatic rings. The van der Waals surface area contributed by atoms with Gasteiger partial charge in [-0.3, -0.25) is 4.79 Å². The molecule has 0 atom stereocenters. The predicted molar refractivity (Wildman–Crippen MR) is 105 cm³/mol. The molecular formula is C22H23N3O3. The van der Waals surface area contributed by atoms with Gasteiger partial charge in [0, 0.05) is 18.1 Å². The lowest BCUT2D eigenvalue weighted by molar-refractivity contribution is -0.118. The third-order valence-corrected chi connectivity index (χ3v) is 3.94. The largest absolute Gasteiger partial charge is 0.506 e. The van der Waals surface area contributed by atoms with Crippen LogP contribution in [-0.2, 0) is 28.8 Å². The fraction of sp³-hybridized carbons (Fsp3) is 0.364. The van der Waals surface area contributed by atoms with Crippen LogP contribution in [0.1, 0.15) is 43.4 Å². The van der Waals surface area contributed by atoms with E-state index in [-0.39, 0.29) is 35.5 Å². The van der Waals surface area contributed by atoms with Crippen LogP contribution < -0.4 is 0 Å². The van der Waals surface area contributed by atoms with E-state index in [0.717, 1.165) is 17.7 Å². The van der Waals surface area contributed by atoms with Crippen LogP contribution in [0.25, 0.3) is 10.6 Å². The zero-order chi connectivity index (χ0) is 20.7. The highest BCUT2D eigenvalue weighted by Gasteiger charge is 2.16. The fourth-order valence-electron chi connectivity index (χ4n) is 2.80. The van der Waals surface area contributed by atoms with Gasteiger partial charge in [-0.2, -0.15) is 0 Å². The molecule has 0 bridgehead atoms. The Morgan fingerprint density at radius 3 is 2.50 bits per heavy atom. The highest BCUT2D eigenvalue weighted by atomic mass is 16.5. The Labute approximate surface area is 165 Å². The molecule has 0 aliphatic rings. The van der Waals surface area contributed by atoms with Gasteiger partial charge < -0.3 is 9.26 Å². The van der Waals surface area contributed by atoms with Crippen molar-refractivity contribution in [3.63, 3.8) is 0 Å². The van der Waals surface area contributed by atoms with Gasteiger partial charge in [0.05, 0.1) is 31.9 Å². The van der Waals surface area contributed by atoms with E-state index >= 15 is 0 Å². The molecule has 6 nitrogen and oxygen atoms in total. The van der Waals surface area contributed by atoms with Crippen LogP contribution in [0.15, 0.2) is 40.6 Å². The first-order chi connectivity index (χ1) is 13.3. The number of carbonyl (C=O) groups is 1. The molecule has 0 aliphatic heterocycles. The number of hydrogen-bond donors (Lipinski definition) is 0. The maximum absolute atomic E-state index is 12.3. The molecule has 0 aliphatic carbocycles. The molecule has 1 aromatic carbocycles. The number of rotatable bonds is 7. The molecule has 0 N–H and O–H groups in total. The number of nitriles is 1. The highest BCUT2D eigenvalue weighted by Crippen LogP contribution is 2.22. The minimum Gasteiger partial charge on any atom is -0.506 e. The Morgan fingerprint density at radius 1 is 1.29 bits per heavy atom. The number of nitrogens with zero attached hydrogens (tertiary/aromatic N) is 3. The first-order valence-electron chi connectivity index (χ1n) is 8.87. The predicted octanol–water partition coefficient (Wildman–Crippen LogP) is 4.38. The van der Waals surface area contributed by atoms with E-state index < -0.39 is 0 Å². The molecule has 144 valence electrons. The second-order valence-corrected chi connectivity index (χ2v) is 7.72. The Bertz CT molecular complexity index is 933. The summed E-state index contributed by atoms with van der Waals surface area (Å²) < 4.78 is 10.5. The summed E-state index contributed by atoms with van der Waals surface area (Å²) in [5.74, 6) is 0.817. The number of allylic oxidation sites excluding steroid dienone is 1. The van der Waals surface area contributed by atoms with Gasteiger partial charge in [-0.1, -0.05) is 50.2 Å². The summed E-state index contributed by atoms with van der Waals surface area (Å²) >= 11 is 0. The lowest BCUT2D eigenvalue weighted by Gasteiger charge is -2.14. The van der Waals surface area contributed by atoms with E-state index in [4.69, 9.17) is 21.1 Å². The Morgan fingerprint density at radius 2 is 1.96 bits per heavy atom. The molecule has 0 unspecified atom stereocenters. The molecule has 0 fully saturated rings. The van der Waals surface area contributed by atoms with Gasteiger partial charge in [0.15, 0.2) is 0 Å². The number of benzene rings is 1. The summed E-state index contributed by atoms with van der Waals surface area (Å²) in [6, 6.07) is 10.7.